The van der Waals surface area contributed by atoms with Gasteiger partial charge in [0.15, 0.2) is 0 Å². The van der Waals surface area contributed by atoms with Crippen molar-refractivity contribution in [3.05, 3.63) is 58.3 Å². The fourth-order valence-corrected chi connectivity index (χ4v) is 5.40. The third kappa shape index (κ3) is 4.56. The second kappa shape index (κ2) is 8.22. The normalized spacial score (nSPS) is 11.4. The van der Waals surface area contributed by atoms with Crippen molar-refractivity contribution in [3.8, 4) is 15.5 Å². The first-order valence-corrected chi connectivity index (χ1v) is 11.2. The first-order valence-electron chi connectivity index (χ1n) is 8.01. The van der Waals surface area contributed by atoms with Crippen molar-refractivity contribution in [2.24, 2.45) is 5.73 Å². The predicted octanol–water partition coefficient (Wildman–Crippen LogP) is 3.11. The number of rotatable bonds is 8. The molecule has 2 aromatic heterocycles. The summed E-state index contributed by atoms with van der Waals surface area (Å²) < 4.78 is 32.6. The molecular weight excluding hydrogens is 404 g/mol. The molecule has 0 spiro atoms. The van der Waals surface area contributed by atoms with Gasteiger partial charge in [-0.15, -0.1) is 22.7 Å². The summed E-state index contributed by atoms with van der Waals surface area (Å²) in [6.45, 7) is 0.255. The minimum atomic E-state index is -3.75. The summed E-state index contributed by atoms with van der Waals surface area (Å²) in [6, 6.07) is 12.1. The van der Waals surface area contributed by atoms with Crippen LogP contribution in [0.2, 0.25) is 0 Å². The van der Waals surface area contributed by atoms with E-state index in [4.69, 9.17) is 10.5 Å². The van der Waals surface area contributed by atoms with Crippen molar-refractivity contribution in [3.63, 3.8) is 0 Å². The molecule has 0 aliphatic rings. The van der Waals surface area contributed by atoms with Gasteiger partial charge in [-0.3, -0.25) is 4.79 Å². The maximum Gasteiger partial charge on any atom is 0.252 e. The minimum Gasteiger partial charge on any atom is -0.496 e. The Bertz CT molecular complexity index is 1040. The van der Waals surface area contributed by atoms with Crippen LogP contribution in [0.5, 0.6) is 5.75 Å². The number of nitrogens with two attached hydrogens (primary N) is 1. The van der Waals surface area contributed by atoms with Gasteiger partial charge in [-0.25, -0.2) is 13.1 Å². The van der Waals surface area contributed by atoms with Crippen molar-refractivity contribution >= 4 is 38.6 Å². The van der Waals surface area contributed by atoms with Gasteiger partial charge in [-0.1, -0.05) is 6.07 Å². The average Bonchev–Trinajstić information content (AvgIpc) is 3.32. The third-order valence-electron chi connectivity index (χ3n) is 3.84. The Morgan fingerprint density at radius 2 is 2.00 bits per heavy atom. The smallest absolute Gasteiger partial charge is 0.252 e. The van der Waals surface area contributed by atoms with E-state index in [1.54, 1.807) is 22.7 Å². The summed E-state index contributed by atoms with van der Waals surface area (Å²) in [4.78, 5) is 14.9. The van der Waals surface area contributed by atoms with Crippen LogP contribution in [-0.4, -0.2) is 28.0 Å². The number of ether oxygens (including phenoxy) is 1. The van der Waals surface area contributed by atoms with Crippen LogP contribution in [-0.2, 0) is 16.4 Å². The Balaban J connectivity index is 1.67. The summed E-state index contributed by atoms with van der Waals surface area (Å²) in [5.41, 5.74) is 5.32. The van der Waals surface area contributed by atoms with E-state index in [2.05, 4.69) is 10.8 Å². The first-order chi connectivity index (χ1) is 12.9. The highest BCUT2D eigenvalue weighted by Crippen LogP contribution is 2.31. The number of primary amides is 1. The quantitative estimate of drug-likeness (QED) is 0.583. The van der Waals surface area contributed by atoms with E-state index in [9.17, 15) is 13.2 Å². The Kier molecular flexibility index (Phi) is 5.95. The number of carbonyl (C=O) groups excluding carboxylic acids is 1. The summed E-state index contributed by atoms with van der Waals surface area (Å²) in [5, 5.41) is 2.03. The molecule has 1 aromatic carbocycles. The van der Waals surface area contributed by atoms with E-state index < -0.39 is 15.9 Å². The highest BCUT2D eigenvalue weighted by molar-refractivity contribution is 7.89. The van der Waals surface area contributed by atoms with Gasteiger partial charge in [0.05, 0.1) is 17.6 Å². The number of methoxy groups -OCH3 is 1. The molecule has 0 atom stereocenters. The molecule has 27 heavy (non-hydrogen) atoms. The first kappa shape index (κ1) is 19.6. The molecule has 142 valence electrons. The second-order valence-electron chi connectivity index (χ2n) is 5.62. The standard InChI is InChI=1S/C18H18N2O4S3/c1-24-15-6-5-13(11-14(15)18(19)21)27(22,23)20-9-8-12-4-7-17(26-12)16-3-2-10-25-16/h2-7,10-11,20H,8-9H2,1H3,(H2,19,21). The number of hydrogen-bond acceptors (Lipinski definition) is 6. The third-order valence-corrected chi connectivity index (χ3v) is 7.51. The maximum absolute atomic E-state index is 12.5. The Morgan fingerprint density at radius 3 is 2.67 bits per heavy atom. The molecule has 0 saturated carbocycles. The summed E-state index contributed by atoms with van der Waals surface area (Å²) >= 11 is 3.32. The van der Waals surface area contributed by atoms with Crippen LogP contribution in [0.1, 0.15) is 15.2 Å². The molecule has 0 saturated heterocycles. The van der Waals surface area contributed by atoms with Gasteiger partial charge < -0.3 is 10.5 Å². The zero-order chi connectivity index (χ0) is 19.4. The second-order valence-corrected chi connectivity index (χ2v) is 9.50. The van der Waals surface area contributed by atoms with E-state index in [0.717, 1.165) is 4.88 Å². The van der Waals surface area contributed by atoms with Crippen molar-refractivity contribution in [1.29, 1.82) is 0 Å². The number of amides is 1. The lowest BCUT2D eigenvalue weighted by Gasteiger charge is -2.10. The molecular formula is C18H18N2O4S3. The van der Waals surface area contributed by atoms with Gasteiger partial charge in [-0.05, 0) is 48.2 Å². The van der Waals surface area contributed by atoms with Crippen LogP contribution in [0.25, 0.3) is 9.75 Å². The summed E-state index contributed by atoms with van der Waals surface area (Å²) in [5.74, 6) is -0.510. The van der Waals surface area contributed by atoms with Crippen LogP contribution < -0.4 is 15.2 Å². The largest absolute Gasteiger partial charge is 0.496 e. The van der Waals surface area contributed by atoms with Gasteiger partial charge in [0.2, 0.25) is 10.0 Å². The van der Waals surface area contributed by atoms with E-state index in [0.29, 0.717) is 6.42 Å². The van der Waals surface area contributed by atoms with Crippen LogP contribution in [0.15, 0.2) is 52.7 Å². The number of sulfonamides is 1. The molecule has 6 nitrogen and oxygen atoms in total. The zero-order valence-corrected chi connectivity index (χ0v) is 16.9. The van der Waals surface area contributed by atoms with E-state index in [-0.39, 0.29) is 22.8 Å². The van der Waals surface area contributed by atoms with Crippen molar-refractivity contribution in [2.45, 2.75) is 11.3 Å². The van der Waals surface area contributed by atoms with E-state index >= 15 is 0 Å². The van der Waals surface area contributed by atoms with Gasteiger partial charge >= 0.3 is 0 Å². The molecule has 3 N–H and O–H groups in total. The van der Waals surface area contributed by atoms with Gasteiger partial charge in [0, 0.05) is 21.2 Å². The average molecular weight is 423 g/mol. The van der Waals surface area contributed by atoms with Crippen molar-refractivity contribution in [1.82, 2.24) is 4.72 Å². The maximum atomic E-state index is 12.5. The topological polar surface area (TPSA) is 98.5 Å². The summed E-state index contributed by atoms with van der Waals surface area (Å²) in [6.07, 6.45) is 0.577. The zero-order valence-electron chi connectivity index (χ0n) is 14.5. The molecule has 1 amide bonds. The number of carbonyl (C=O) groups is 1. The molecule has 2 heterocycles. The number of nitrogens with one attached hydrogen (secondary N) is 1. The molecule has 0 fully saturated rings. The molecule has 0 aliphatic heterocycles. The molecule has 3 aromatic rings. The highest BCUT2D eigenvalue weighted by Gasteiger charge is 2.18. The van der Waals surface area contributed by atoms with Gasteiger partial charge in [0.1, 0.15) is 5.75 Å². The van der Waals surface area contributed by atoms with Crippen molar-refractivity contribution in [2.75, 3.05) is 13.7 Å². The Hall–Kier alpha value is -2.20. The van der Waals surface area contributed by atoms with Crippen LogP contribution in [0.4, 0.5) is 0 Å². The van der Waals surface area contributed by atoms with Crippen molar-refractivity contribution < 1.29 is 17.9 Å². The highest BCUT2D eigenvalue weighted by atomic mass is 32.2. The van der Waals surface area contributed by atoms with Gasteiger partial charge in [-0.2, -0.15) is 0 Å². The van der Waals surface area contributed by atoms with Crippen LogP contribution in [0, 0.1) is 0 Å². The molecule has 0 bridgehead atoms. The SMILES string of the molecule is COc1ccc(S(=O)(=O)NCCc2ccc(-c3cccs3)s2)cc1C(N)=O. The number of hydrogen-bond donors (Lipinski definition) is 2. The minimum absolute atomic E-state index is 0.0254. The van der Waals surface area contributed by atoms with Crippen LogP contribution in [0.3, 0.4) is 0 Å². The molecule has 0 radical (unpaired) electrons. The lowest BCUT2D eigenvalue weighted by molar-refractivity contribution is 0.0997. The lowest BCUT2D eigenvalue weighted by Crippen LogP contribution is -2.26. The fraction of sp³-hybridized carbons (Fsp3) is 0.167. The molecule has 0 aliphatic carbocycles. The molecule has 3 rings (SSSR count). The molecule has 0 unspecified atom stereocenters. The molecule has 9 heteroatoms. The monoisotopic (exact) mass is 422 g/mol. The van der Waals surface area contributed by atoms with E-state index in [1.165, 1.54) is 35.1 Å². The van der Waals surface area contributed by atoms with Crippen LogP contribution >= 0.6 is 22.7 Å². The van der Waals surface area contributed by atoms with Gasteiger partial charge in [0.25, 0.3) is 5.91 Å². The number of benzene rings is 1. The number of thiophene rings is 2. The summed E-state index contributed by atoms with van der Waals surface area (Å²) in [7, 11) is -2.37. The fourth-order valence-electron chi connectivity index (χ4n) is 2.50. The van der Waals surface area contributed by atoms with E-state index in [1.807, 2.05) is 23.6 Å². The Labute approximate surface area is 165 Å². The Morgan fingerprint density at radius 1 is 1.19 bits per heavy atom. The lowest BCUT2D eigenvalue weighted by atomic mass is 10.2. The predicted molar refractivity (Wildman–Crippen MR) is 108 cm³/mol.